The first-order chi connectivity index (χ1) is 10.7. The highest BCUT2D eigenvalue weighted by Crippen LogP contribution is 2.25. The normalized spacial score (nSPS) is 14.0. The Labute approximate surface area is 139 Å². The van der Waals surface area contributed by atoms with Gasteiger partial charge in [0.25, 0.3) is 0 Å². The van der Waals surface area contributed by atoms with Gasteiger partial charge in [-0.1, -0.05) is 88.4 Å². The molecule has 0 N–H and O–H groups in total. The van der Waals surface area contributed by atoms with Crippen molar-refractivity contribution in [1.29, 1.82) is 0 Å². The molecule has 0 amide bonds. The Bertz CT molecular complexity index is 557. The molecule has 2 rings (SSSR count). The SMILES string of the molecule is CCCCCCCCCCC1=CC(=O)c2ccccc2C1=S. The Balaban J connectivity index is 1.75. The number of hydrogen-bond donors (Lipinski definition) is 0. The molecule has 1 aliphatic rings. The summed E-state index contributed by atoms with van der Waals surface area (Å²) in [4.78, 5) is 13.0. The molecule has 1 aliphatic carbocycles. The molecule has 0 atom stereocenters. The fourth-order valence-electron chi connectivity index (χ4n) is 3.01. The fraction of sp³-hybridized carbons (Fsp3) is 0.500. The van der Waals surface area contributed by atoms with Gasteiger partial charge in [0.15, 0.2) is 5.78 Å². The van der Waals surface area contributed by atoms with E-state index in [1.54, 1.807) is 6.08 Å². The predicted molar refractivity (Wildman–Crippen MR) is 97.8 cm³/mol. The fourth-order valence-corrected chi connectivity index (χ4v) is 3.34. The van der Waals surface area contributed by atoms with Gasteiger partial charge in [0, 0.05) is 16.0 Å². The summed E-state index contributed by atoms with van der Waals surface area (Å²) in [5.41, 5.74) is 2.76. The van der Waals surface area contributed by atoms with Crippen molar-refractivity contribution in [2.75, 3.05) is 0 Å². The maximum atomic E-state index is 12.1. The molecule has 0 saturated carbocycles. The van der Waals surface area contributed by atoms with Crippen molar-refractivity contribution in [3.05, 3.63) is 47.0 Å². The molecule has 0 radical (unpaired) electrons. The highest BCUT2D eigenvalue weighted by Gasteiger charge is 2.21. The largest absolute Gasteiger partial charge is 0.289 e. The van der Waals surface area contributed by atoms with Crippen LogP contribution < -0.4 is 0 Å². The first-order valence-corrected chi connectivity index (χ1v) is 9.03. The number of thiocarbonyl (C=S) groups is 1. The second-order valence-corrected chi connectivity index (χ2v) is 6.54. The Morgan fingerprint density at radius 1 is 0.864 bits per heavy atom. The van der Waals surface area contributed by atoms with Gasteiger partial charge in [0.1, 0.15) is 0 Å². The van der Waals surface area contributed by atoms with Gasteiger partial charge in [0.2, 0.25) is 0 Å². The van der Waals surface area contributed by atoms with E-state index in [2.05, 4.69) is 6.92 Å². The Hall–Kier alpha value is -1.28. The Kier molecular flexibility index (Phi) is 6.98. The second kappa shape index (κ2) is 8.99. The van der Waals surface area contributed by atoms with Gasteiger partial charge < -0.3 is 0 Å². The summed E-state index contributed by atoms with van der Waals surface area (Å²) >= 11 is 5.56. The lowest BCUT2D eigenvalue weighted by Crippen LogP contribution is -2.15. The van der Waals surface area contributed by atoms with E-state index < -0.39 is 0 Å². The van der Waals surface area contributed by atoms with Crippen molar-refractivity contribution in [3.63, 3.8) is 0 Å². The van der Waals surface area contributed by atoms with E-state index in [1.807, 2.05) is 24.3 Å². The van der Waals surface area contributed by atoms with Gasteiger partial charge in [-0.3, -0.25) is 4.79 Å². The zero-order chi connectivity index (χ0) is 15.8. The predicted octanol–water partition coefficient (Wildman–Crippen LogP) is 6.06. The summed E-state index contributed by atoms with van der Waals surface area (Å²) in [6.45, 7) is 2.25. The van der Waals surface area contributed by atoms with Crippen molar-refractivity contribution in [1.82, 2.24) is 0 Å². The van der Waals surface area contributed by atoms with Crippen LogP contribution in [0.25, 0.3) is 0 Å². The molecular weight excluding hydrogens is 288 g/mol. The van der Waals surface area contributed by atoms with Crippen LogP contribution in [0.4, 0.5) is 0 Å². The summed E-state index contributed by atoms with van der Waals surface area (Å²) in [5, 5.41) is 0. The number of unbranched alkanes of at least 4 members (excludes halogenated alkanes) is 7. The molecule has 0 saturated heterocycles. The molecule has 2 heteroatoms. The lowest BCUT2D eigenvalue weighted by Gasteiger charge is -2.17. The van der Waals surface area contributed by atoms with E-state index in [-0.39, 0.29) is 5.78 Å². The minimum Gasteiger partial charge on any atom is -0.289 e. The molecule has 1 nitrogen and oxygen atoms in total. The average Bonchev–Trinajstić information content (AvgIpc) is 2.54. The maximum Gasteiger partial charge on any atom is 0.186 e. The average molecular weight is 314 g/mol. The van der Waals surface area contributed by atoms with Gasteiger partial charge >= 0.3 is 0 Å². The van der Waals surface area contributed by atoms with E-state index in [0.29, 0.717) is 0 Å². The molecule has 0 spiro atoms. The lowest BCUT2D eigenvalue weighted by atomic mass is 9.88. The van der Waals surface area contributed by atoms with Crippen LogP contribution in [0, 0.1) is 0 Å². The molecule has 22 heavy (non-hydrogen) atoms. The molecule has 1 aromatic carbocycles. The van der Waals surface area contributed by atoms with Gasteiger partial charge in [0.05, 0.1) is 0 Å². The molecule has 0 unspecified atom stereocenters. The van der Waals surface area contributed by atoms with Gasteiger partial charge in [-0.25, -0.2) is 0 Å². The van der Waals surface area contributed by atoms with Crippen LogP contribution in [-0.4, -0.2) is 10.6 Å². The molecule has 118 valence electrons. The summed E-state index contributed by atoms with van der Waals surface area (Å²) in [5.74, 6) is 0.110. The van der Waals surface area contributed by atoms with E-state index >= 15 is 0 Å². The van der Waals surface area contributed by atoms with Gasteiger partial charge in [-0.05, 0) is 24.5 Å². The van der Waals surface area contributed by atoms with E-state index in [9.17, 15) is 4.79 Å². The smallest absolute Gasteiger partial charge is 0.186 e. The van der Waals surface area contributed by atoms with Crippen molar-refractivity contribution >= 4 is 22.9 Å². The number of ketones is 1. The minimum absolute atomic E-state index is 0.110. The number of allylic oxidation sites excluding steroid dienone is 2. The van der Waals surface area contributed by atoms with E-state index in [1.165, 1.54) is 44.9 Å². The van der Waals surface area contributed by atoms with E-state index in [4.69, 9.17) is 12.2 Å². The third kappa shape index (κ3) is 4.61. The van der Waals surface area contributed by atoms with Crippen LogP contribution in [0.5, 0.6) is 0 Å². The highest BCUT2D eigenvalue weighted by molar-refractivity contribution is 7.81. The first-order valence-electron chi connectivity index (χ1n) is 8.62. The van der Waals surface area contributed by atoms with Gasteiger partial charge in [-0.2, -0.15) is 0 Å². The lowest BCUT2D eigenvalue weighted by molar-refractivity contribution is 0.104. The molecule has 0 aliphatic heterocycles. The van der Waals surface area contributed by atoms with Crippen LogP contribution in [0.1, 0.15) is 80.6 Å². The Morgan fingerprint density at radius 2 is 1.45 bits per heavy atom. The van der Waals surface area contributed by atoms with Crippen molar-refractivity contribution in [3.8, 4) is 0 Å². The standard InChI is InChI=1S/C20H26OS/c1-2-3-4-5-6-7-8-9-12-16-15-19(21)17-13-10-11-14-18(17)20(16)22/h10-11,13-15H,2-9,12H2,1H3. The molecule has 0 fully saturated rings. The van der Waals surface area contributed by atoms with Crippen molar-refractivity contribution in [2.24, 2.45) is 0 Å². The topological polar surface area (TPSA) is 17.1 Å². The molecule has 0 bridgehead atoms. The first kappa shape index (κ1) is 17.1. The number of carbonyl (C=O) groups is 1. The maximum absolute atomic E-state index is 12.1. The summed E-state index contributed by atoms with van der Waals surface area (Å²) in [7, 11) is 0. The third-order valence-corrected chi connectivity index (χ3v) is 4.82. The minimum atomic E-state index is 0.110. The Morgan fingerprint density at radius 3 is 2.14 bits per heavy atom. The van der Waals surface area contributed by atoms with Crippen LogP contribution in [0.2, 0.25) is 0 Å². The molecular formula is C20H26OS. The molecule has 1 aromatic rings. The summed E-state index contributed by atoms with van der Waals surface area (Å²) < 4.78 is 0. The second-order valence-electron chi connectivity index (χ2n) is 6.13. The summed E-state index contributed by atoms with van der Waals surface area (Å²) in [6.07, 6.45) is 13.1. The summed E-state index contributed by atoms with van der Waals surface area (Å²) in [6, 6.07) is 7.69. The quantitative estimate of drug-likeness (QED) is 0.407. The van der Waals surface area contributed by atoms with Crippen LogP contribution in [0.15, 0.2) is 35.9 Å². The third-order valence-electron chi connectivity index (χ3n) is 4.33. The van der Waals surface area contributed by atoms with Crippen LogP contribution >= 0.6 is 12.2 Å². The number of fused-ring (bicyclic) bond motifs is 1. The zero-order valence-corrected chi connectivity index (χ0v) is 14.4. The van der Waals surface area contributed by atoms with Crippen LogP contribution in [0.3, 0.4) is 0 Å². The van der Waals surface area contributed by atoms with Crippen molar-refractivity contribution in [2.45, 2.75) is 64.7 Å². The number of carbonyl (C=O) groups excluding carboxylic acids is 1. The molecule has 0 aromatic heterocycles. The molecule has 0 heterocycles. The van der Waals surface area contributed by atoms with E-state index in [0.717, 1.165) is 34.4 Å². The van der Waals surface area contributed by atoms with Crippen molar-refractivity contribution < 1.29 is 4.79 Å². The zero-order valence-electron chi connectivity index (χ0n) is 13.6. The monoisotopic (exact) mass is 314 g/mol. The highest BCUT2D eigenvalue weighted by atomic mass is 32.1. The number of hydrogen-bond acceptors (Lipinski definition) is 2. The van der Waals surface area contributed by atoms with Crippen LogP contribution in [-0.2, 0) is 0 Å². The number of benzene rings is 1. The number of rotatable bonds is 9. The van der Waals surface area contributed by atoms with Gasteiger partial charge in [-0.15, -0.1) is 0 Å².